The van der Waals surface area contributed by atoms with Crippen LogP contribution in [0.15, 0.2) is 71.2 Å². The van der Waals surface area contributed by atoms with Crippen LogP contribution in [-0.2, 0) is 0 Å². The van der Waals surface area contributed by atoms with Crippen LogP contribution < -0.4 is 4.74 Å². The number of carbonyl (C=O) groups excluding carboxylic acids is 1. The number of hydrogen-bond donors (Lipinski definition) is 0. The molecule has 0 saturated heterocycles. The van der Waals surface area contributed by atoms with E-state index in [9.17, 15) is 14.9 Å². The number of nitro benzene ring substituents is 1. The number of hydrogen-bond acceptors (Lipinski definition) is 8. The molecule has 2 aromatic carbocycles. The van der Waals surface area contributed by atoms with Crippen molar-refractivity contribution >= 4 is 34.6 Å². The zero-order chi connectivity index (χ0) is 21.8. The van der Waals surface area contributed by atoms with Crippen molar-refractivity contribution < 1.29 is 14.5 Å². The predicted octanol–water partition coefficient (Wildman–Crippen LogP) is 4.89. The molecule has 0 amide bonds. The molecule has 10 heteroatoms. The Morgan fingerprint density at radius 2 is 1.87 bits per heavy atom. The van der Waals surface area contributed by atoms with Gasteiger partial charge >= 0.3 is 0 Å². The van der Waals surface area contributed by atoms with Gasteiger partial charge in [0.15, 0.2) is 16.8 Å². The van der Waals surface area contributed by atoms with Crippen molar-refractivity contribution in [1.29, 1.82) is 0 Å². The summed E-state index contributed by atoms with van der Waals surface area (Å²) in [5.41, 5.74) is 1.20. The fourth-order valence-corrected chi connectivity index (χ4v) is 4.42. The van der Waals surface area contributed by atoms with E-state index < -0.39 is 4.92 Å². The molecule has 0 fully saturated rings. The van der Waals surface area contributed by atoms with Crippen LogP contribution >= 0.6 is 23.1 Å². The summed E-state index contributed by atoms with van der Waals surface area (Å²) in [5.74, 6) is 1.39. The molecule has 0 saturated carbocycles. The highest BCUT2D eigenvalue weighted by Crippen LogP contribution is 2.31. The van der Waals surface area contributed by atoms with Crippen molar-refractivity contribution in [3.63, 3.8) is 0 Å². The fraction of sp³-hybridized carbons (Fsp3) is 0.0952. The van der Waals surface area contributed by atoms with Gasteiger partial charge in [-0.25, -0.2) is 0 Å². The molecular weight excluding hydrogens is 436 g/mol. The third kappa shape index (κ3) is 4.49. The Hall–Kier alpha value is -3.50. The highest BCUT2D eigenvalue weighted by atomic mass is 32.2. The number of aromatic nitrogens is 3. The van der Waals surface area contributed by atoms with E-state index >= 15 is 0 Å². The SMILES string of the molecule is COc1ccc(-n2c(SCC(=O)c3ccc([N+](=O)[O-])cc3)nnc2-c2cccs2)cc1. The van der Waals surface area contributed by atoms with Gasteiger partial charge in [-0.05, 0) is 47.8 Å². The van der Waals surface area contributed by atoms with Crippen LogP contribution in [-0.4, -0.2) is 38.3 Å². The van der Waals surface area contributed by atoms with Crippen LogP contribution in [0.3, 0.4) is 0 Å². The Morgan fingerprint density at radius 3 is 2.48 bits per heavy atom. The van der Waals surface area contributed by atoms with Crippen LogP contribution in [0.1, 0.15) is 10.4 Å². The molecule has 2 aromatic heterocycles. The lowest BCUT2D eigenvalue weighted by Crippen LogP contribution is -2.05. The minimum atomic E-state index is -0.494. The number of ketones is 1. The first kappa shape index (κ1) is 20.8. The number of nitro groups is 1. The Morgan fingerprint density at radius 1 is 1.13 bits per heavy atom. The van der Waals surface area contributed by atoms with E-state index in [1.807, 2.05) is 46.3 Å². The zero-order valence-corrected chi connectivity index (χ0v) is 17.9. The fourth-order valence-electron chi connectivity index (χ4n) is 2.88. The van der Waals surface area contributed by atoms with Crippen LogP contribution in [0, 0.1) is 10.1 Å². The zero-order valence-electron chi connectivity index (χ0n) is 16.3. The van der Waals surface area contributed by atoms with E-state index in [-0.39, 0.29) is 17.2 Å². The van der Waals surface area contributed by atoms with E-state index in [4.69, 9.17) is 4.74 Å². The maximum atomic E-state index is 12.6. The first-order valence-electron chi connectivity index (χ1n) is 9.11. The summed E-state index contributed by atoms with van der Waals surface area (Å²) >= 11 is 2.81. The Balaban J connectivity index is 1.60. The number of thiophene rings is 1. The summed E-state index contributed by atoms with van der Waals surface area (Å²) in [6, 6.07) is 17.0. The van der Waals surface area contributed by atoms with Gasteiger partial charge in [-0.3, -0.25) is 19.5 Å². The van der Waals surface area contributed by atoms with E-state index in [2.05, 4.69) is 10.2 Å². The van der Waals surface area contributed by atoms with Gasteiger partial charge in [0.1, 0.15) is 5.75 Å². The van der Waals surface area contributed by atoms with Crippen molar-refractivity contribution in [2.75, 3.05) is 12.9 Å². The molecule has 31 heavy (non-hydrogen) atoms. The molecule has 0 aliphatic carbocycles. The quantitative estimate of drug-likeness (QED) is 0.162. The number of Topliss-reactive ketones (excluding diaryl/α,β-unsaturated/α-hetero) is 1. The van der Waals surface area contributed by atoms with Gasteiger partial charge < -0.3 is 4.74 Å². The number of benzene rings is 2. The third-order valence-electron chi connectivity index (χ3n) is 4.44. The van der Waals surface area contributed by atoms with Gasteiger partial charge in [0.25, 0.3) is 5.69 Å². The molecule has 0 bridgehead atoms. The summed E-state index contributed by atoms with van der Waals surface area (Å²) in [6.07, 6.45) is 0. The summed E-state index contributed by atoms with van der Waals surface area (Å²) in [6.45, 7) is 0. The van der Waals surface area contributed by atoms with Crippen LogP contribution in [0.4, 0.5) is 5.69 Å². The van der Waals surface area contributed by atoms with Crippen molar-refractivity contribution in [2.45, 2.75) is 5.16 Å². The maximum absolute atomic E-state index is 12.6. The highest BCUT2D eigenvalue weighted by Gasteiger charge is 2.19. The first-order valence-corrected chi connectivity index (χ1v) is 11.0. The molecule has 4 rings (SSSR count). The molecule has 0 spiro atoms. The maximum Gasteiger partial charge on any atom is 0.269 e. The largest absolute Gasteiger partial charge is 0.497 e. The Labute approximate surface area is 185 Å². The normalized spacial score (nSPS) is 10.7. The molecule has 8 nitrogen and oxygen atoms in total. The molecular formula is C21H16N4O4S2. The van der Waals surface area contributed by atoms with Crippen LogP contribution in [0.2, 0.25) is 0 Å². The molecule has 0 aliphatic heterocycles. The van der Waals surface area contributed by atoms with Crippen molar-refractivity contribution in [1.82, 2.24) is 14.8 Å². The van der Waals surface area contributed by atoms with Crippen molar-refractivity contribution in [3.8, 4) is 22.1 Å². The van der Waals surface area contributed by atoms with Crippen molar-refractivity contribution in [2.24, 2.45) is 0 Å². The summed E-state index contributed by atoms with van der Waals surface area (Å²) in [7, 11) is 1.61. The smallest absolute Gasteiger partial charge is 0.269 e. The van der Waals surface area contributed by atoms with Gasteiger partial charge in [-0.1, -0.05) is 17.8 Å². The van der Waals surface area contributed by atoms with Gasteiger partial charge in [0, 0.05) is 17.7 Å². The minimum Gasteiger partial charge on any atom is -0.497 e. The lowest BCUT2D eigenvalue weighted by atomic mass is 10.1. The number of thioether (sulfide) groups is 1. The van der Waals surface area contributed by atoms with Gasteiger partial charge in [-0.2, -0.15) is 0 Å². The minimum absolute atomic E-state index is 0.0518. The van der Waals surface area contributed by atoms with E-state index in [0.29, 0.717) is 16.5 Å². The van der Waals surface area contributed by atoms with Gasteiger partial charge in [0.05, 0.1) is 28.4 Å². The van der Waals surface area contributed by atoms with E-state index in [1.165, 1.54) is 36.0 Å². The molecule has 4 aromatic rings. The summed E-state index contributed by atoms with van der Waals surface area (Å²) < 4.78 is 7.14. The number of ether oxygens (including phenoxy) is 1. The van der Waals surface area contributed by atoms with Crippen molar-refractivity contribution in [3.05, 3.63) is 81.7 Å². The molecule has 0 N–H and O–H groups in total. The molecule has 0 unspecified atom stereocenters. The average molecular weight is 453 g/mol. The molecule has 0 atom stereocenters. The summed E-state index contributed by atoms with van der Waals surface area (Å²) in [5, 5.41) is 22.0. The van der Waals surface area contributed by atoms with Gasteiger partial charge in [0.2, 0.25) is 0 Å². The second-order valence-electron chi connectivity index (χ2n) is 6.33. The van der Waals surface area contributed by atoms with Crippen LogP contribution in [0.5, 0.6) is 5.75 Å². The van der Waals surface area contributed by atoms with E-state index in [1.54, 1.807) is 18.4 Å². The number of methoxy groups -OCH3 is 1. The van der Waals surface area contributed by atoms with Crippen LogP contribution in [0.25, 0.3) is 16.4 Å². The highest BCUT2D eigenvalue weighted by molar-refractivity contribution is 7.99. The number of carbonyl (C=O) groups is 1. The standard InChI is InChI=1S/C21H16N4O4S2/c1-29-17-10-8-15(9-11-17)24-20(19-3-2-12-30-19)22-23-21(24)31-13-18(26)14-4-6-16(7-5-14)25(27)28/h2-12H,13H2,1H3. The molecule has 0 aliphatic rings. The second-order valence-corrected chi connectivity index (χ2v) is 8.22. The molecule has 0 radical (unpaired) electrons. The summed E-state index contributed by atoms with van der Waals surface area (Å²) in [4.78, 5) is 23.9. The average Bonchev–Trinajstić information content (AvgIpc) is 3.47. The van der Waals surface area contributed by atoms with Gasteiger partial charge in [-0.15, -0.1) is 21.5 Å². The van der Waals surface area contributed by atoms with E-state index in [0.717, 1.165) is 16.3 Å². The topological polar surface area (TPSA) is 100 Å². The second kappa shape index (κ2) is 9.11. The number of nitrogens with zero attached hydrogens (tertiary/aromatic N) is 4. The third-order valence-corrected chi connectivity index (χ3v) is 6.23. The molecule has 156 valence electrons. The lowest BCUT2D eigenvalue weighted by Gasteiger charge is -2.10. The molecule has 2 heterocycles. The number of rotatable bonds is 8. The number of non-ortho nitro benzene ring substituents is 1. The monoisotopic (exact) mass is 452 g/mol. The Bertz CT molecular complexity index is 1200. The first-order chi connectivity index (χ1) is 15.1. The lowest BCUT2D eigenvalue weighted by molar-refractivity contribution is -0.384. The predicted molar refractivity (Wildman–Crippen MR) is 119 cm³/mol. The Kier molecular flexibility index (Phi) is 6.10.